The zero-order valence-electron chi connectivity index (χ0n) is 15.7. The van der Waals surface area contributed by atoms with Crippen molar-refractivity contribution < 1.29 is 9.90 Å². The largest absolute Gasteiger partial charge is 0.476 e. The van der Waals surface area contributed by atoms with Crippen LogP contribution in [-0.2, 0) is 0 Å². The maximum Gasteiger partial charge on any atom is 0.355 e. The quantitative estimate of drug-likeness (QED) is 0.462. The van der Waals surface area contributed by atoms with Gasteiger partial charge in [0, 0.05) is 15.4 Å². The molecule has 0 fully saturated rings. The molecule has 2 aromatic heterocycles. The number of hydrogen-bond donors (Lipinski definition) is 1. The number of aryl methyl sites for hydroxylation is 2. The first-order chi connectivity index (χ1) is 13.3. The second-order valence-corrected chi connectivity index (χ2v) is 7.79. The van der Waals surface area contributed by atoms with Crippen molar-refractivity contribution in [1.29, 1.82) is 0 Å². The van der Waals surface area contributed by atoms with E-state index in [1.54, 1.807) is 12.3 Å². The van der Waals surface area contributed by atoms with E-state index in [4.69, 9.17) is 0 Å². The lowest BCUT2D eigenvalue weighted by Crippen LogP contribution is -2.04. The lowest BCUT2D eigenvalue weighted by molar-refractivity contribution is 0.0693. The minimum absolute atomic E-state index is 0.0349. The summed E-state index contributed by atoms with van der Waals surface area (Å²) in [4.78, 5) is 16.3. The minimum atomic E-state index is -1.05. The van der Waals surface area contributed by atoms with Gasteiger partial charge in [-0.1, -0.05) is 34.1 Å². The van der Waals surface area contributed by atoms with Crippen molar-refractivity contribution >= 4 is 32.7 Å². The number of benzene rings is 2. The van der Waals surface area contributed by atoms with Crippen molar-refractivity contribution in [3.63, 3.8) is 0 Å². The molecule has 28 heavy (non-hydrogen) atoms. The number of halogens is 1. The van der Waals surface area contributed by atoms with Gasteiger partial charge in [-0.15, -0.1) is 0 Å². The van der Waals surface area contributed by atoms with Gasteiger partial charge in [0.05, 0.1) is 23.3 Å². The van der Waals surface area contributed by atoms with E-state index in [0.717, 1.165) is 37.9 Å². The molecule has 4 aromatic rings. The van der Waals surface area contributed by atoms with Crippen molar-refractivity contribution in [3.05, 3.63) is 75.6 Å². The van der Waals surface area contributed by atoms with Gasteiger partial charge < -0.3 is 5.11 Å². The highest BCUT2D eigenvalue weighted by atomic mass is 79.9. The van der Waals surface area contributed by atoms with Gasteiger partial charge in [0.1, 0.15) is 0 Å². The van der Waals surface area contributed by atoms with E-state index in [-0.39, 0.29) is 5.69 Å². The molecule has 2 heterocycles. The molecule has 4 rings (SSSR count). The Morgan fingerprint density at radius 3 is 2.61 bits per heavy atom. The third-order valence-electron chi connectivity index (χ3n) is 4.88. The summed E-state index contributed by atoms with van der Waals surface area (Å²) in [6.07, 6.45) is 1.75. The van der Waals surface area contributed by atoms with E-state index in [0.29, 0.717) is 11.1 Å². The summed E-state index contributed by atoms with van der Waals surface area (Å²) in [5.41, 5.74) is 5.63. The van der Waals surface area contributed by atoms with Crippen LogP contribution in [0.25, 0.3) is 27.7 Å². The van der Waals surface area contributed by atoms with E-state index in [1.807, 2.05) is 43.7 Å². The third-order valence-corrected chi connectivity index (χ3v) is 5.37. The zero-order valence-corrected chi connectivity index (χ0v) is 17.3. The second-order valence-electron chi connectivity index (χ2n) is 6.87. The molecule has 140 valence electrons. The van der Waals surface area contributed by atoms with E-state index in [9.17, 15) is 9.90 Å². The lowest BCUT2D eigenvalue weighted by Gasteiger charge is -2.11. The fourth-order valence-electron chi connectivity index (χ4n) is 3.37. The van der Waals surface area contributed by atoms with Crippen LogP contribution in [0.15, 0.2) is 53.1 Å². The van der Waals surface area contributed by atoms with Crippen LogP contribution in [0.5, 0.6) is 0 Å². The highest BCUT2D eigenvalue weighted by Gasteiger charge is 2.18. The molecular formula is C22H18BrN3O2. The fraction of sp³-hybridized carbons (Fsp3) is 0.136. The highest BCUT2D eigenvalue weighted by molar-refractivity contribution is 9.10. The summed E-state index contributed by atoms with van der Waals surface area (Å²) >= 11 is 3.40. The van der Waals surface area contributed by atoms with Gasteiger partial charge >= 0.3 is 5.97 Å². The van der Waals surface area contributed by atoms with Crippen molar-refractivity contribution in [2.45, 2.75) is 20.8 Å². The number of carbonyl (C=O) groups is 1. The lowest BCUT2D eigenvalue weighted by atomic mass is 10.1. The third kappa shape index (κ3) is 3.10. The number of aromatic nitrogens is 3. The second kappa shape index (κ2) is 6.87. The Bertz CT molecular complexity index is 1240. The summed E-state index contributed by atoms with van der Waals surface area (Å²) in [6, 6.07) is 13.7. The van der Waals surface area contributed by atoms with Gasteiger partial charge in [0.2, 0.25) is 0 Å². The SMILES string of the molecule is Cc1ccc(C)c(-n2ncc(-c3cc4ccc(Br)cc4c(C(=O)O)n3)c2C)c1. The van der Waals surface area contributed by atoms with Crippen LogP contribution in [0.1, 0.15) is 27.3 Å². The van der Waals surface area contributed by atoms with Crippen LogP contribution < -0.4 is 0 Å². The van der Waals surface area contributed by atoms with E-state index in [1.165, 1.54) is 0 Å². The molecule has 0 saturated heterocycles. The molecule has 0 radical (unpaired) electrons. The van der Waals surface area contributed by atoms with Crippen LogP contribution in [0.2, 0.25) is 0 Å². The van der Waals surface area contributed by atoms with Crippen LogP contribution in [-0.4, -0.2) is 25.8 Å². The number of fused-ring (bicyclic) bond motifs is 1. The van der Waals surface area contributed by atoms with E-state index < -0.39 is 5.97 Å². The van der Waals surface area contributed by atoms with Gasteiger partial charge in [-0.05, 0) is 61.5 Å². The molecule has 0 spiro atoms. The maximum absolute atomic E-state index is 11.8. The average Bonchev–Trinajstić information content (AvgIpc) is 3.04. The predicted octanol–water partition coefficient (Wildman–Crippen LogP) is 5.47. The van der Waals surface area contributed by atoms with Crippen molar-refractivity contribution in [2.75, 3.05) is 0 Å². The van der Waals surface area contributed by atoms with Gasteiger partial charge in [-0.25, -0.2) is 14.5 Å². The van der Waals surface area contributed by atoms with E-state index >= 15 is 0 Å². The molecule has 0 aliphatic heterocycles. The summed E-state index contributed by atoms with van der Waals surface area (Å²) in [6.45, 7) is 6.06. The predicted molar refractivity (Wildman–Crippen MR) is 113 cm³/mol. The molecule has 0 unspecified atom stereocenters. The normalized spacial score (nSPS) is 11.1. The van der Waals surface area contributed by atoms with Crippen LogP contribution in [0.4, 0.5) is 0 Å². The number of hydrogen-bond acceptors (Lipinski definition) is 3. The average molecular weight is 436 g/mol. The molecule has 5 nitrogen and oxygen atoms in total. The number of nitrogens with zero attached hydrogens (tertiary/aromatic N) is 3. The number of pyridine rings is 1. The molecule has 0 bridgehead atoms. The smallest absolute Gasteiger partial charge is 0.355 e. The minimum Gasteiger partial charge on any atom is -0.476 e. The molecule has 0 aliphatic carbocycles. The monoisotopic (exact) mass is 435 g/mol. The first kappa shape index (κ1) is 18.4. The Morgan fingerprint density at radius 2 is 1.86 bits per heavy atom. The first-order valence-electron chi connectivity index (χ1n) is 8.81. The molecule has 6 heteroatoms. The first-order valence-corrected chi connectivity index (χ1v) is 9.60. The topological polar surface area (TPSA) is 68.0 Å². The van der Waals surface area contributed by atoms with Crippen molar-refractivity contribution in [3.8, 4) is 16.9 Å². The number of rotatable bonds is 3. The van der Waals surface area contributed by atoms with Crippen LogP contribution in [0, 0.1) is 20.8 Å². The molecule has 0 atom stereocenters. The van der Waals surface area contributed by atoms with Crippen molar-refractivity contribution in [2.24, 2.45) is 0 Å². The Balaban J connectivity index is 1.92. The van der Waals surface area contributed by atoms with Gasteiger partial charge in [0.25, 0.3) is 0 Å². The Morgan fingerprint density at radius 1 is 1.07 bits per heavy atom. The number of carboxylic acids is 1. The van der Waals surface area contributed by atoms with Gasteiger partial charge in [-0.3, -0.25) is 0 Å². The molecule has 2 aromatic carbocycles. The number of aromatic carboxylic acids is 1. The van der Waals surface area contributed by atoms with Crippen LogP contribution >= 0.6 is 15.9 Å². The summed E-state index contributed by atoms with van der Waals surface area (Å²) < 4.78 is 2.70. The van der Waals surface area contributed by atoms with Gasteiger partial charge in [0.15, 0.2) is 5.69 Å². The van der Waals surface area contributed by atoms with E-state index in [2.05, 4.69) is 44.2 Å². The maximum atomic E-state index is 11.8. The Labute approximate surface area is 170 Å². The molecule has 0 aliphatic rings. The summed E-state index contributed by atoms with van der Waals surface area (Å²) in [5.74, 6) is -1.05. The molecule has 0 amide bonds. The highest BCUT2D eigenvalue weighted by Crippen LogP contribution is 2.30. The fourth-order valence-corrected chi connectivity index (χ4v) is 3.73. The number of carboxylic acid groups (broad SMARTS) is 1. The molecule has 0 saturated carbocycles. The molecular weight excluding hydrogens is 418 g/mol. The summed E-state index contributed by atoms with van der Waals surface area (Å²) in [5, 5.41) is 15.6. The Hall–Kier alpha value is -2.99. The summed E-state index contributed by atoms with van der Waals surface area (Å²) in [7, 11) is 0. The van der Waals surface area contributed by atoms with Gasteiger partial charge in [-0.2, -0.15) is 5.10 Å². The Kier molecular flexibility index (Phi) is 4.51. The van der Waals surface area contributed by atoms with Crippen molar-refractivity contribution in [1.82, 2.24) is 14.8 Å². The molecule has 1 N–H and O–H groups in total. The zero-order chi connectivity index (χ0) is 20.0. The standard InChI is InChI=1S/C22H18BrN3O2/c1-12-4-5-13(2)20(8-12)26-14(3)18(11-24-26)19-9-15-6-7-16(23)10-17(15)21(25-19)22(27)28/h4-11H,1-3H3,(H,27,28). The van der Waals surface area contributed by atoms with Crippen LogP contribution in [0.3, 0.4) is 0 Å².